The maximum Gasteiger partial charge on any atom is 0.265 e. The highest BCUT2D eigenvalue weighted by atomic mass is 35.5. The smallest absolute Gasteiger partial charge is 0.265 e. The number of para-hydroxylation sites is 2. The largest absolute Gasteiger partial charge is 0.482 e. The second-order valence-corrected chi connectivity index (χ2v) is 4.87. The van der Waals surface area contributed by atoms with Crippen LogP contribution < -0.4 is 20.5 Å². The maximum absolute atomic E-state index is 12.0. The number of nitrogens with two attached hydrogens (primary N) is 1. The van der Waals surface area contributed by atoms with Gasteiger partial charge in [-0.3, -0.25) is 4.79 Å². The summed E-state index contributed by atoms with van der Waals surface area (Å²) in [5.74, 6) is 1.12. The van der Waals surface area contributed by atoms with Gasteiger partial charge < -0.3 is 20.5 Å². The molecule has 0 bridgehead atoms. The van der Waals surface area contributed by atoms with Gasteiger partial charge in [-0.15, -0.1) is 12.4 Å². The Morgan fingerprint density at radius 2 is 1.95 bits per heavy atom. The lowest BCUT2D eigenvalue weighted by Crippen LogP contribution is -2.49. The molecule has 0 saturated heterocycles. The van der Waals surface area contributed by atoms with Gasteiger partial charge in [0.05, 0.1) is 0 Å². The molecule has 0 radical (unpaired) electrons. The van der Waals surface area contributed by atoms with E-state index in [4.69, 9.17) is 15.2 Å². The normalized spacial score (nSPS) is 21.6. The molecule has 2 rings (SSSR count). The second-order valence-electron chi connectivity index (χ2n) is 4.87. The van der Waals surface area contributed by atoms with E-state index in [2.05, 4.69) is 5.32 Å². The minimum Gasteiger partial charge on any atom is -0.482 e. The Hall–Kier alpha value is -1.46. The lowest BCUT2D eigenvalue weighted by atomic mass is 10.1. The van der Waals surface area contributed by atoms with Crippen LogP contribution in [0.25, 0.3) is 0 Å². The third kappa shape index (κ3) is 4.02. The van der Waals surface area contributed by atoms with Gasteiger partial charge in [-0.2, -0.15) is 0 Å². The van der Waals surface area contributed by atoms with Crippen LogP contribution in [0.3, 0.4) is 0 Å². The minimum atomic E-state index is -0.622. The van der Waals surface area contributed by atoms with Gasteiger partial charge >= 0.3 is 0 Å². The topological polar surface area (TPSA) is 73.6 Å². The van der Waals surface area contributed by atoms with Crippen LogP contribution in [0.2, 0.25) is 0 Å². The lowest BCUT2D eigenvalue weighted by Gasteiger charge is -2.31. The van der Waals surface area contributed by atoms with Crippen LogP contribution in [-0.2, 0) is 4.79 Å². The molecule has 20 heavy (non-hydrogen) atoms. The Morgan fingerprint density at radius 3 is 2.55 bits per heavy atom. The van der Waals surface area contributed by atoms with E-state index in [0.717, 1.165) is 6.42 Å². The fourth-order valence-electron chi connectivity index (χ4n) is 1.93. The highest BCUT2D eigenvalue weighted by Crippen LogP contribution is 2.33. The van der Waals surface area contributed by atoms with Crippen LogP contribution in [0, 0.1) is 0 Å². The molecule has 3 atom stereocenters. The Bertz CT molecular complexity index is 454. The molecule has 1 aliphatic rings. The Morgan fingerprint density at radius 1 is 1.35 bits per heavy atom. The van der Waals surface area contributed by atoms with Crippen molar-refractivity contribution in [2.45, 2.75) is 38.5 Å². The molecule has 0 aliphatic carbocycles. The van der Waals surface area contributed by atoms with Gasteiger partial charge in [0, 0.05) is 12.6 Å². The number of hydrogen-bond acceptors (Lipinski definition) is 4. The minimum absolute atomic E-state index is 0. The summed E-state index contributed by atoms with van der Waals surface area (Å²) in [6.45, 7) is 4.28. The van der Waals surface area contributed by atoms with Crippen molar-refractivity contribution in [3.05, 3.63) is 24.3 Å². The third-order valence-electron chi connectivity index (χ3n) is 3.00. The number of halogens is 1. The Kier molecular flexibility index (Phi) is 6.10. The van der Waals surface area contributed by atoms with Crippen molar-refractivity contribution in [2.24, 2.45) is 5.73 Å². The standard InChI is InChI=1S/C14H20N2O3.ClH/c1-9(15)7-8-16-14(17)13-10(2)18-11-5-3-4-6-12(11)19-13;/h3-6,9-10,13H,7-8,15H2,1-2H3,(H,16,17);1H. The average Bonchev–Trinajstić information content (AvgIpc) is 2.37. The van der Waals surface area contributed by atoms with E-state index in [1.807, 2.05) is 32.0 Å². The Balaban J connectivity index is 0.00000200. The van der Waals surface area contributed by atoms with Crippen LogP contribution in [0.4, 0.5) is 0 Å². The predicted molar refractivity (Wildman–Crippen MR) is 79.5 cm³/mol. The fourth-order valence-corrected chi connectivity index (χ4v) is 1.93. The van der Waals surface area contributed by atoms with Crippen LogP contribution in [0.15, 0.2) is 24.3 Å². The summed E-state index contributed by atoms with van der Waals surface area (Å²) in [4.78, 5) is 12.0. The van der Waals surface area contributed by atoms with Gasteiger partial charge in [-0.25, -0.2) is 0 Å². The molecular formula is C14H21ClN2O3. The highest BCUT2D eigenvalue weighted by Gasteiger charge is 2.33. The van der Waals surface area contributed by atoms with E-state index in [9.17, 15) is 4.79 Å². The van der Waals surface area contributed by atoms with Crippen molar-refractivity contribution < 1.29 is 14.3 Å². The van der Waals surface area contributed by atoms with Gasteiger partial charge in [0.25, 0.3) is 5.91 Å². The number of benzene rings is 1. The van der Waals surface area contributed by atoms with E-state index < -0.39 is 6.10 Å². The number of amides is 1. The zero-order chi connectivity index (χ0) is 13.8. The summed E-state index contributed by atoms with van der Waals surface area (Å²) >= 11 is 0. The van der Waals surface area contributed by atoms with Crippen LogP contribution in [0.1, 0.15) is 20.3 Å². The maximum atomic E-state index is 12.0. The van der Waals surface area contributed by atoms with Crippen molar-refractivity contribution in [1.29, 1.82) is 0 Å². The van der Waals surface area contributed by atoms with E-state index in [0.29, 0.717) is 18.0 Å². The van der Waals surface area contributed by atoms with Gasteiger partial charge in [-0.05, 0) is 32.4 Å². The zero-order valence-electron chi connectivity index (χ0n) is 11.7. The van der Waals surface area contributed by atoms with Crippen molar-refractivity contribution in [3.63, 3.8) is 0 Å². The summed E-state index contributed by atoms with van der Waals surface area (Å²) in [6, 6.07) is 7.42. The van der Waals surface area contributed by atoms with Gasteiger partial charge in [0.15, 0.2) is 11.5 Å². The summed E-state index contributed by atoms with van der Waals surface area (Å²) in [7, 11) is 0. The first-order chi connectivity index (χ1) is 9.08. The quantitative estimate of drug-likeness (QED) is 0.883. The van der Waals surface area contributed by atoms with Crippen LogP contribution >= 0.6 is 12.4 Å². The number of carbonyl (C=O) groups excluding carboxylic acids is 1. The first-order valence-corrected chi connectivity index (χ1v) is 6.53. The zero-order valence-corrected chi connectivity index (χ0v) is 12.5. The molecule has 0 fully saturated rings. The number of ether oxygens (including phenoxy) is 2. The van der Waals surface area contributed by atoms with E-state index >= 15 is 0 Å². The molecule has 5 nitrogen and oxygen atoms in total. The average molecular weight is 301 g/mol. The molecule has 1 aromatic carbocycles. The monoisotopic (exact) mass is 300 g/mol. The SMILES string of the molecule is CC(N)CCNC(=O)C1Oc2ccccc2OC1C.Cl. The molecular weight excluding hydrogens is 280 g/mol. The summed E-state index contributed by atoms with van der Waals surface area (Å²) < 4.78 is 11.4. The van der Waals surface area contributed by atoms with Crippen LogP contribution in [0.5, 0.6) is 11.5 Å². The third-order valence-corrected chi connectivity index (χ3v) is 3.00. The molecule has 3 N–H and O–H groups in total. The van der Waals surface area contributed by atoms with Crippen LogP contribution in [-0.4, -0.2) is 30.7 Å². The number of carbonyl (C=O) groups is 1. The molecule has 1 aliphatic heterocycles. The van der Waals surface area contributed by atoms with E-state index in [1.165, 1.54) is 0 Å². The number of hydrogen-bond donors (Lipinski definition) is 2. The van der Waals surface area contributed by atoms with Gasteiger partial charge in [-0.1, -0.05) is 12.1 Å². The second kappa shape index (κ2) is 7.36. The summed E-state index contributed by atoms with van der Waals surface area (Å²) in [5, 5.41) is 2.82. The molecule has 0 saturated carbocycles. The highest BCUT2D eigenvalue weighted by molar-refractivity contribution is 5.85. The number of nitrogens with one attached hydrogen (secondary N) is 1. The van der Waals surface area contributed by atoms with E-state index in [-0.39, 0.29) is 30.5 Å². The molecule has 6 heteroatoms. The Labute approximate surface area is 125 Å². The molecule has 0 spiro atoms. The van der Waals surface area contributed by atoms with Crippen molar-refractivity contribution in [2.75, 3.05) is 6.54 Å². The van der Waals surface area contributed by atoms with Gasteiger partial charge in [0.2, 0.25) is 6.10 Å². The van der Waals surface area contributed by atoms with E-state index in [1.54, 1.807) is 6.07 Å². The predicted octanol–water partition coefficient (Wildman–Crippen LogP) is 1.49. The van der Waals surface area contributed by atoms with Crippen molar-refractivity contribution >= 4 is 18.3 Å². The molecule has 1 heterocycles. The first-order valence-electron chi connectivity index (χ1n) is 6.53. The fraction of sp³-hybridized carbons (Fsp3) is 0.500. The molecule has 3 unspecified atom stereocenters. The molecule has 1 aromatic rings. The van der Waals surface area contributed by atoms with Crippen molar-refractivity contribution in [3.8, 4) is 11.5 Å². The van der Waals surface area contributed by atoms with Gasteiger partial charge in [0.1, 0.15) is 6.10 Å². The summed E-state index contributed by atoms with van der Waals surface area (Å²) in [5.41, 5.74) is 5.64. The number of fused-ring (bicyclic) bond motifs is 1. The summed E-state index contributed by atoms with van der Waals surface area (Å²) in [6.07, 6.45) is -0.197. The lowest BCUT2D eigenvalue weighted by molar-refractivity contribution is -0.133. The van der Waals surface area contributed by atoms with Crippen molar-refractivity contribution in [1.82, 2.24) is 5.32 Å². The molecule has 1 amide bonds. The number of rotatable bonds is 4. The molecule has 0 aromatic heterocycles. The molecule has 112 valence electrons. The first kappa shape index (κ1) is 16.6.